The zero-order valence-corrected chi connectivity index (χ0v) is 15.7. The third-order valence-corrected chi connectivity index (χ3v) is 5.34. The van der Waals surface area contributed by atoms with Crippen molar-refractivity contribution in [1.29, 1.82) is 0 Å². The van der Waals surface area contributed by atoms with E-state index in [1.165, 1.54) is 0 Å². The van der Waals surface area contributed by atoms with Gasteiger partial charge in [0.1, 0.15) is 0 Å². The van der Waals surface area contributed by atoms with Gasteiger partial charge >= 0.3 is 0 Å². The summed E-state index contributed by atoms with van der Waals surface area (Å²) in [4.78, 5) is 25.5. The Morgan fingerprint density at radius 2 is 1.74 bits per heavy atom. The smallest absolute Gasteiger partial charge is 0.259 e. The van der Waals surface area contributed by atoms with Gasteiger partial charge in [0, 0.05) is 59.3 Å². The molecule has 2 amide bonds. The minimum Gasteiger partial charge on any atom is -0.353 e. The Bertz CT molecular complexity index is 1160. The van der Waals surface area contributed by atoms with Crippen LogP contribution in [0.25, 0.3) is 28.1 Å². The van der Waals surface area contributed by atoms with Crippen LogP contribution in [0.4, 0.5) is 0 Å². The Morgan fingerprint density at radius 1 is 1.07 bits per heavy atom. The Balaban J connectivity index is 2.08. The third kappa shape index (κ3) is 2.39. The molecule has 3 heterocycles. The highest BCUT2D eigenvalue weighted by Gasteiger charge is 2.35. The van der Waals surface area contributed by atoms with Crippen molar-refractivity contribution in [2.45, 2.75) is 20.4 Å². The van der Waals surface area contributed by atoms with E-state index in [0.29, 0.717) is 11.1 Å². The molecule has 0 saturated carbocycles. The van der Waals surface area contributed by atoms with Crippen LogP contribution in [-0.2, 0) is 23.2 Å². The van der Waals surface area contributed by atoms with Crippen LogP contribution in [0.5, 0.6) is 0 Å². The van der Waals surface area contributed by atoms with Crippen LogP contribution in [0.3, 0.4) is 0 Å². The first-order chi connectivity index (χ1) is 13.0. The van der Waals surface area contributed by atoms with Crippen molar-refractivity contribution in [3.63, 3.8) is 0 Å². The average molecular weight is 359 g/mol. The number of rotatable bonds is 4. The topological polar surface area (TPSA) is 56.0 Å². The van der Waals surface area contributed by atoms with E-state index in [0.717, 1.165) is 39.8 Å². The number of aryl methyl sites for hydroxylation is 2. The summed E-state index contributed by atoms with van der Waals surface area (Å²) in [6.45, 7) is 8.70. The fraction of sp³-hybridized carbons (Fsp3) is 0.182. The zero-order chi connectivity index (χ0) is 19.3. The second-order valence-electron chi connectivity index (χ2n) is 6.74. The Morgan fingerprint density at radius 3 is 2.41 bits per heavy atom. The molecule has 1 N–H and O–H groups in total. The van der Waals surface area contributed by atoms with E-state index >= 15 is 0 Å². The SMILES string of the molecule is C=Cc1c(C2=C(c3cn(CC)c4ccccc34)C(=O)NC2=O)cn(C)c1C. The maximum absolute atomic E-state index is 12.8. The normalized spacial score (nSPS) is 14.3. The van der Waals surface area contributed by atoms with Gasteiger partial charge in [0.15, 0.2) is 0 Å². The van der Waals surface area contributed by atoms with Gasteiger partial charge < -0.3 is 9.13 Å². The van der Waals surface area contributed by atoms with E-state index in [9.17, 15) is 9.59 Å². The number of hydrogen-bond acceptors (Lipinski definition) is 2. The van der Waals surface area contributed by atoms with E-state index in [2.05, 4.69) is 23.4 Å². The Kier molecular flexibility index (Phi) is 3.88. The van der Waals surface area contributed by atoms with Gasteiger partial charge in [-0.15, -0.1) is 0 Å². The summed E-state index contributed by atoms with van der Waals surface area (Å²) < 4.78 is 4.04. The molecule has 4 rings (SSSR count). The number of hydrogen-bond donors (Lipinski definition) is 1. The quantitative estimate of drug-likeness (QED) is 0.725. The number of benzene rings is 1. The lowest BCUT2D eigenvalue weighted by Gasteiger charge is -2.04. The number of carbonyl (C=O) groups excluding carboxylic acids is 2. The fourth-order valence-corrected chi connectivity index (χ4v) is 3.88. The van der Waals surface area contributed by atoms with Crippen LogP contribution in [0.1, 0.15) is 29.3 Å². The second-order valence-corrected chi connectivity index (χ2v) is 6.74. The fourth-order valence-electron chi connectivity index (χ4n) is 3.88. The molecule has 0 saturated heterocycles. The predicted octanol–water partition coefficient (Wildman–Crippen LogP) is 3.52. The molecule has 1 aromatic carbocycles. The minimum atomic E-state index is -0.364. The van der Waals surface area contributed by atoms with Gasteiger partial charge in [0.2, 0.25) is 0 Å². The summed E-state index contributed by atoms with van der Waals surface area (Å²) in [6, 6.07) is 7.94. The molecule has 0 radical (unpaired) electrons. The molecular formula is C22H21N3O2. The molecule has 0 fully saturated rings. The summed E-state index contributed by atoms with van der Waals surface area (Å²) >= 11 is 0. The minimum absolute atomic E-state index is 0.356. The van der Waals surface area contributed by atoms with Crippen LogP contribution in [0.2, 0.25) is 0 Å². The number of imide groups is 1. The van der Waals surface area contributed by atoms with Crippen molar-refractivity contribution >= 4 is 39.9 Å². The predicted molar refractivity (Wildman–Crippen MR) is 108 cm³/mol. The molecule has 136 valence electrons. The van der Waals surface area contributed by atoms with Crippen LogP contribution in [-0.4, -0.2) is 20.9 Å². The molecule has 5 heteroatoms. The van der Waals surface area contributed by atoms with Crippen molar-refractivity contribution in [3.05, 3.63) is 65.6 Å². The molecule has 0 unspecified atom stereocenters. The number of para-hydroxylation sites is 1. The van der Waals surface area contributed by atoms with Crippen LogP contribution >= 0.6 is 0 Å². The molecule has 1 aliphatic rings. The maximum Gasteiger partial charge on any atom is 0.259 e. The highest BCUT2D eigenvalue weighted by Crippen LogP contribution is 2.38. The highest BCUT2D eigenvalue weighted by atomic mass is 16.2. The molecule has 3 aromatic rings. The van der Waals surface area contributed by atoms with Gasteiger partial charge in [-0.25, -0.2) is 0 Å². The lowest BCUT2D eigenvalue weighted by molar-refractivity contribution is -0.122. The Hall–Kier alpha value is -3.34. The number of carbonyl (C=O) groups is 2. The number of nitrogens with zero attached hydrogens (tertiary/aromatic N) is 2. The van der Waals surface area contributed by atoms with E-state index in [1.54, 1.807) is 6.08 Å². The number of nitrogens with one attached hydrogen (secondary N) is 1. The summed E-state index contributed by atoms with van der Waals surface area (Å²) in [5.74, 6) is -0.720. The van der Waals surface area contributed by atoms with Gasteiger partial charge in [-0.3, -0.25) is 14.9 Å². The van der Waals surface area contributed by atoms with Gasteiger partial charge in [-0.1, -0.05) is 30.9 Å². The first-order valence-electron chi connectivity index (χ1n) is 8.94. The van der Waals surface area contributed by atoms with Crippen molar-refractivity contribution in [2.24, 2.45) is 7.05 Å². The highest BCUT2D eigenvalue weighted by molar-refractivity contribution is 6.50. The van der Waals surface area contributed by atoms with E-state index in [-0.39, 0.29) is 11.8 Å². The van der Waals surface area contributed by atoms with Gasteiger partial charge in [-0.05, 0) is 19.9 Å². The summed E-state index contributed by atoms with van der Waals surface area (Å²) in [6.07, 6.45) is 5.58. The molecule has 5 nitrogen and oxygen atoms in total. The molecule has 0 bridgehead atoms. The Labute approximate surface area is 157 Å². The molecule has 0 aliphatic carbocycles. The van der Waals surface area contributed by atoms with Crippen LogP contribution in [0, 0.1) is 6.92 Å². The summed E-state index contributed by atoms with van der Waals surface area (Å²) in [5, 5.41) is 3.44. The molecule has 0 spiro atoms. The maximum atomic E-state index is 12.8. The van der Waals surface area contributed by atoms with E-state index in [4.69, 9.17) is 0 Å². The first kappa shape index (κ1) is 17.1. The average Bonchev–Trinajstić information content (AvgIpc) is 3.26. The molecule has 27 heavy (non-hydrogen) atoms. The first-order valence-corrected chi connectivity index (χ1v) is 8.94. The zero-order valence-electron chi connectivity index (χ0n) is 15.7. The van der Waals surface area contributed by atoms with Crippen molar-refractivity contribution < 1.29 is 9.59 Å². The van der Waals surface area contributed by atoms with Crippen LogP contribution < -0.4 is 5.32 Å². The van der Waals surface area contributed by atoms with Gasteiger partial charge in [0.05, 0.1) is 11.1 Å². The number of aromatic nitrogens is 2. The van der Waals surface area contributed by atoms with Crippen molar-refractivity contribution in [1.82, 2.24) is 14.5 Å². The number of amides is 2. The van der Waals surface area contributed by atoms with Gasteiger partial charge in [-0.2, -0.15) is 0 Å². The van der Waals surface area contributed by atoms with Crippen molar-refractivity contribution in [3.8, 4) is 0 Å². The molecule has 2 aromatic heterocycles. The molecule has 1 aliphatic heterocycles. The third-order valence-electron chi connectivity index (χ3n) is 5.34. The molecular weight excluding hydrogens is 338 g/mol. The standard InChI is InChI=1S/C22H21N3O2/c1-5-14-13(3)24(4)11-16(14)19-20(22(27)23-21(19)26)17-12-25(6-2)18-10-8-7-9-15(17)18/h5,7-12H,1,6H2,2-4H3,(H,23,26,27). The largest absolute Gasteiger partial charge is 0.353 e. The monoisotopic (exact) mass is 359 g/mol. The van der Waals surface area contributed by atoms with Crippen LogP contribution in [0.15, 0.2) is 43.2 Å². The summed E-state index contributed by atoms with van der Waals surface area (Å²) in [7, 11) is 1.92. The van der Waals surface area contributed by atoms with Crippen molar-refractivity contribution in [2.75, 3.05) is 0 Å². The van der Waals surface area contributed by atoms with E-state index < -0.39 is 0 Å². The summed E-state index contributed by atoms with van der Waals surface area (Å²) in [5.41, 5.74) is 5.26. The molecule has 0 atom stereocenters. The van der Waals surface area contributed by atoms with Gasteiger partial charge in [0.25, 0.3) is 11.8 Å². The number of fused-ring (bicyclic) bond motifs is 1. The van der Waals surface area contributed by atoms with E-state index in [1.807, 2.05) is 55.2 Å². The lowest BCUT2D eigenvalue weighted by Crippen LogP contribution is -2.22. The second kappa shape index (κ2) is 6.13. The lowest BCUT2D eigenvalue weighted by atomic mass is 9.95.